The van der Waals surface area contributed by atoms with Gasteiger partial charge in [0.2, 0.25) is 0 Å². The predicted octanol–water partition coefficient (Wildman–Crippen LogP) is 0.0886. The number of rotatable bonds is 2. The standard InChI is InChI=1S/C21H24O10/c1-7-16(26)18(28)19(29)21(30-7)15-12(24)6-14-9(17(15)27)5-13(25)20(31-14)8-2-3-10(22)11(23)4-8/h2-4,6-7,13,16,18-29H,5H2,1H3/t7-,13-,16-,18+,19+,20+,21-/m0/s1. The van der Waals surface area contributed by atoms with Crippen molar-refractivity contribution in [3.05, 3.63) is 41.0 Å². The Bertz CT molecular complexity index is 993. The van der Waals surface area contributed by atoms with Gasteiger partial charge in [0.25, 0.3) is 0 Å². The molecular formula is C21H24O10. The van der Waals surface area contributed by atoms with Gasteiger partial charge in [0, 0.05) is 18.1 Å². The molecule has 0 saturated carbocycles. The van der Waals surface area contributed by atoms with Gasteiger partial charge in [-0.2, -0.15) is 0 Å². The molecule has 10 nitrogen and oxygen atoms in total. The van der Waals surface area contributed by atoms with Crippen LogP contribution in [0.1, 0.15) is 35.8 Å². The Balaban J connectivity index is 1.71. The summed E-state index contributed by atoms with van der Waals surface area (Å²) in [7, 11) is 0. The van der Waals surface area contributed by atoms with E-state index >= 15 is 0 Å². The first-order valence-corrected chi connectivity index (χ1v) is 9.74. The summed E-state index contributed by atoms with van der Waals surface area (Å²) < 4.78 is 11.3. The van der Waals surface area contributed by atoms with Crippen molar-refractivity contribution in [1.29, 1.82) is 0 Å². The molecule has 0 aliphatic carbocycles. The molecule has 8 N–H and O–H groups in total. The summed E-state index contributed by atoms with van der Waals surface area (Å²) >= 11 is 0. The van der Waals surface area contributed by atoms with Gasteiger partial charge in [-0.05, 0) is 24.6 Å². The minimum atomic E-state index is -1.62. The molecule has 168 valence electrons. The zero-order chi connectivity index (χ0) is 22.6. The minimum Gasteiger partial charge on any atom is -0.507 e. The van der Waals surface area contributed by atoms with E-state index in [-0.39, 0.29) is 29.0 Å². The molecule has 7 atom stereocenters. The molecule has 2 aromatic rings. The van der Waals surface area contributed by atoms with Gasteiger partial charge in [0.05, 0.1) is 17.8 Å². The second kappa shape index (κ2) is 7.74. The zero-order valence-corrected chi connectivity index (χ0v) is 16.5. The Morgan fingerprint density at radius 3 is 2.19 bits per heavy atom. The molecule has 0 amide bonds. The number of aliphatic hydroxyl groups is 4. The van der Waals surface area contributed by atoms with E-state index in [1.54, 1.807) is 0 Å². The van der Waals surface area contributed by atoms with Gasteiger partial charge in [0.1, 0.15) is 47.8 Å². The average Bonchev–Trinajstić information content (AvgIpc) is 2.72. The van der Waals surface area contributed by atoms with Crippen molar-refractivity contribution in [2.45, 2.75) is 56.1 Å². The summed E-state index contributed by atoms with van der Waals surface area (Å²) in [6, 6.07) is 5.14. The molecule has 31 heavy (non-hydrogen) atoms. The van der Waals surface area contributed by atoms with Crippen LogP contribution in [0.25, 0.3) is 0 Å². The Morgan fingerprint density at radius 2 is 1.52 bits per heavy atom. The lowest BCUT2D eigenvalue weighted by Gasteiger charge is -2.40. The van der Waals surface area contributed by atoms with Crippen LogP contribution in [0, 0.1) is 0 Å². The summed E-state index contributed by atoms with van der Waals surface area (Å²) in [5.41, 5.74) is 0.331. The third kappa shape index (κ3) is 3.52. The lowest BCUT2D eigenvalue weighted by atomic mass is 9.87. The summed E-state index contributed by atoms with van der Waals surface area (Å²) in [5, 5.41) is 81.5. The highest BCUT2D eigenvalue weighted by Crippen LogP contribution is 2.49. The Hall–Kier alpha value is -2.76. The molecule has 2 aromatic carbocycles. The fourth-order valence-electron chi connectivity index (χ4n) is 4.10. The first-order chi connectivity index (χ1) is 14.6. The molecule has 2 aliphatic heterocycles. The molecule has 10 heteroatoms. The molecule has 0 bridgehead atoms. The SMILES string of the molecule is C[C@@H]1O[C@@H](c2c(O)cc3c(c2O)C[C@H](O)[C@@H](c2ccc(O)c(O)c2)O3)[C@H](O)[C@H](O)[C@H]1O. The van der Waals surface area contributed by atoms with E-state index in [0.717, 1.165) is 0 Å². The quantitative estimate of drug-likeness (QED) is 0.301. The number of hydrogen-bond donors (Lipinski definition) is 8. The second-order valence-electron chi connectivity index (χ2n) is 7.93. The maximum absolute atomic E-state index is 10.8. The van der Waals surface area contributed by atoms with Crippen LogP contribution in [-0.2, 0) is 11.2 Å². The largest absolute Gasteiger partial charge is 0.507 e. The fourth-order valence-corrected chi connectivity index (χ4v) is 4.10. The molecule has 0 spiro atoms. The van der Waals surface area contributed by atoms with Crippen LogP contribution in [0.15, 0.2) is 24.3 Å². The van der Waals surface area contributed by atoms with E-state index < -0.39 is 60.0 Å². The van der Waals surface area contributed by atoms with Crippen molar-refractivity contribution in [2.24, 2.45) is 0 Å². The monoisotopic (exact) mass is 436 g/mol. The Labute approximate surface area is 176 Å². The van der Waals surface area contributed by atoms with Crippen molar-refractivity contribution >= 4 is 0 Å². The van der Waals surface area contributed by atoms with E-state index in [0.29, 0.717) is 5.56 Å². The smallest absolute Gasteiger partial charge is 0.157 e. The topological polar surface area (TPSA) is 180 Å². The van der Waals surface area contributed by atoms with Gasteiger partial charge in [-0.3, -0.25) is 0 Å². The van der Waals surface area contributed by atoms with E-state index in [1.807, 2.05) is 0 Å². The van der Waals surface area contributed by atoms with E-state index in [9.17, 15) is 40.9 Å². The van der Waals surface area contributed by atoms with Gasteiger partial charge < -0.3 is 50.3 Å². The third-order valence-corrected chi connectivity index (χ3v) is 5.86. The molecule has 2 heterocycles. The number of fused-ring (bicyclic) bond motifs is 1. The van der Waals surface area contributed by atoms with Crippen LogP contribution >= 0.6 is 0 Å². The van der Waals surface area contributed by atoms with Crippen molar-refractivity contribution in [1.82, 2.24) is 0 Å². The molecular weight excluding hydrogens is 412 g/mol. The highest BCUT2D eigenvalue weighted by molar-refractivity contribution is 5.59. The lowest BCUT2D eigenvalue weighted by Crippen LogP contribution is -2.53. The van der Waals surface area contributed by atoms with Gasteiger partial charge in [-0.15, -0.1) is 0 Å². The summed E-state index contributed by atoms with van der Waals surface area (Å²) in [4.78, 5) is 0. The maximum atomic E-state index is 10.8. The first kappa shape index (κ1) is 21.5. The highest BCUT2D eigenvalue weighted by Gasteiger charge is 2.45. The van der Waals surface area contributed by atoms with Crippen molar-refractivity contribution < 1.29 is 50.3 Å². The minimum absolute atomic E-state index is 0.0699. The molecule has 2 aliphatic rings. The number of hydrogen-bond acceptors (Lipinski definition) is 10. The van der Waals surface area contributed by atoms with Gasteiger partial charge in [-0.1, -0.05) is 6.07 Å². The van der Waals surface area contributed by atoms with Crippen molar-refractivity contribution in [3.63, 3.8) is 0 Å². The molecule has 0 unspecified atom stereocenters. The molecule has 4 rings (SSSR count). The van der Waals surface area contributed by atoms with Gasteiger partial charge in [-0.25, -0.2) is 0 Å². The number of aromatic hydroxyl groups is 4. The van der Waals surface area contributed by atoms with Gasteiger partial charge in [0.15, 0.2) is 11.5 Å². The van der Waals surface area contributed by atoms with Crippen LogP contribution < -0.4 is 4.74 Å². The first-order valence-electron chi connectivity index (χ1n) is 9.74. The van der Waals surface area contributed by atoms with Crippen molar-refractivity contribution in [2.75, 3.05) is 0 Å². The predicted molar refractivity (Wildman–Crippen MR) is 104 cm³/mol. The molecule has 1 fully saturated rings. The van der Waals surface area contributed by atoms with Crippen LogP contribution in [0.2, 0.25) is 0 Å². The molecule has 0 radical (unpaired) electrons. The number of ether oxygens (including phenoxy) is 2. The average molecular weight is 436 g/mol. The van der Waals surface area contributed by atoms with Gasteiger partial charge >= 0.3 is 0 Å². The van der Waals surface area contributed by atoms with Crippen LogP contribution in [0.4, 0.5) is 0 Å². The van der Waals surface area contributed by atoms with E-state index in [4.69, 9.17) is 9.47 Å². The summed E-state index contributed by atoms with van der Waals surface area (Å²) in [6.45, 7) is 1.48. The van der Waals surface area contributed by atoms with Crippen LogP contribution in [0.5, 0.6) is 28.7 Å². The zero-order valence-electron chi connectivity index (χ0n) is 16.5. The number of phenolic OH excluding ortho intramolecular Hbond substituents is 4. The Kier molecular flexibility index (Phi) is 5.36. The highest BCUT2D eigenvalue weighted by atomic mass is 16.5. The maximum Gasteiger partial charge on any atom is 0.157 e. The van der Waals surface area contributed by atoms with Crippen LogP contribution in [-0.4, -0.2) is 71.4 Å². The summed E-state index contributed by atoms with van der Waals surface area (Å²) in [6.07, 6.45) is -8.93. The Morgan fingerprint density at radius 1 is 0.806 bits per heavy atom. The fraction of sp³-hybridized carbons (Fsp3) is 0.429. The molecule has 1 saturated heterocycles. The van der Waals surface area contributed by atoms with Crippen LogP contribution in [0.3, 0.4) is 0 Å². The number of aliphatic hydroxyl groups excluding tert-OH is 4. The summed E-state index contributed by atoms with van der Waals surface area (Å²) in [5.74, 6) is -1.60. The third-order valence-electron chi connectivity index (χ3n) is 5.86. The normalized spacial score (nSPS) is 32.9. The molecule has 0 aromatic heterocycles. The van der Waals surface area contributed by atoms with E-state index in [1.165, 1.54) is 31.2 Å². The van der Waals surface area contributed by atoms with Crippen molar-refractivity contribution in [3.8, 4) is 28.7 Å². The van der Waals surface area contributed by atoms with E-state index in [2.05, 4.69) is 0 Å². The second-order valence-corrected chi connectivity index (χ2v) is 7.93. The number of phenols is 4. The number of benzene rings is 2. The lowest BCUT2D eigenvalue weighted by molar-refractivity contribution is -0.220.